The third-order valence-electron chi connectivity index (χ3n) is 3.60. The number of anilines is 2. The molecule has 0 saturated heterocycles. The van der Waals surface area contributed by atoms with E-state index in [1.165, 1.54) is 24.3 Å². The van der Waals surface area contributed by atoms with Crippen molar-refractivity contribution in [2.45, 2.75) is 39.1 Å². The molecule has 0 aromatic heterocycles. The van der Waals surface area contributed by atoms with Crippen LogP contribution in [0, 0.1) is 5.82 Å². The average molecular weight is 427 g/mol. The first-order chi connectivity index (χ1) is 13.8. The molecule has 3 N–H and O–H groups in total. The van der Waals surface area contributed by atoms with Crippen molar-refractivity contribution in [2.75, 3.05) is 10.6 Å². The van der Waals surface area contributed by atoms with Crippen LogP contribution >= 0.6 is 0 Å². The fourth-order valence-corrected chi connectivity index (χ4v) is 2.38. The summed E-state index contributed by atoms with van der Waals surface area (Å²) in [4.78, 5) is 23.7. The number of hydrogen-bond acceptors (Lipinski definition) is 3. The molecule has 6 nitrogen and oxygen atoms in total. The van der Waals surface area contributed by atoms with E-state index in [9.17, 15) is 27.2 Å². The highest BCUT2D eigenvalue weighted by Gasteiger charge is 2.33. The van der Waals surface area contributed by atoms with Crippen LogP contribution in [0.5, 0.6) is 0 Å². The molecule has 3 amide bonds. The Labute approximate surface area is 170 Å². The van der Waals surface area contributed by atoms with E-state index >= 15 is 0 Å². The Hall–Kier alpha value is -3.30. The fourth-order valence-electron chi connectivity index (χ4n) is 2.38. The summed E-state index contributed by atoms with van der Waals surface area (Å²) < 4.78 is 57.2. The molecule has 0 heterocycles. The Morgan fingerprint density at radius 1 is 0.933 bits per heavy atom. The molecule has 0 unspecified atom stereocenters. The Morgan fingerprint density at radius 3 is 2.03 bits per heavy atom. The summed E-state index contributed by atoms with van der Waals surface area (Å²) in [5, 5.41) is 7.26. The normalized spacial score (nSPS) is 11.6. The average Bonchev–Trinajstić information content (AvgIpc) is 2.60. The molecule has 0 aliphatic heterocycles. The lowest BCUT2D eigenvalue weighted by molar-refractivity contribution is -0.138. The van der Waals surface area contributed by atoms with Crippen molar-refractivity contribution in [1.29, 1.82) is 0 Å². The highest BCUT2D eigenvalue weighted by Crippen LogP contribution is 2.32. The molecule has 0 spiro atoms. The molecule has 2 aromatic carbocycles. The number of ether oxygens (including phenoxy) is 1. The smallest absolute Gasteiger partial charge is 0.416 e. The van der Waals surface area contributed by atoms with Gasteiger partial charge in [0.05, 0.1) is 5.56 Å². The molecule has 10 heteroatoms. The van der Waals surface area contributed by atoms with Crippen LogP contribution in [0.1, 0.15) is 31.9 Å². The van der Waals surface area contributed by atoms with Gasteiger partial charge in [-0.1, -0.05) is 6.07 Å². The molecule has 0 saturated carbocycles. The standard InChI is InChI=1S/C20H21F4N3O3/c1-19(2,3)30-18(29)27-15-8-6-14(7-9-15)26-17(28)25-11-12-4-5-13(21)10-16(12)20(22,23)24/h4-10H,11H2,1-3H3,(H,27,29)(H2,25,26,28). The summed E-state index contributed by atoms with van der Waals surface area (Å²) in [6.45, 7) is 4.73. The van der Waals surface area contributed by atoms with E-state index in [4.69, 9.17) is 4.74 Å². The predicted octanol–water partition coefficient (Wildman–Crippen LogP) is 5.51. The minimum Gasteiger partial charge on any atom is -0.444 e. The Morgan fingerprint density at radius 2 is 1.50 bits per heavy atom. The first-order valence-electron chi connectivity index (χ1n) is 8.84. The van der Waals surface area contributed by atoms with Gasteiger partial charge in [0.15, 0.2) is 0 Å². The SMILES string of the molecule is CC(C)(C)OC(=O)Nc1ccc(NC(=O)NCc2ccc(F)cc2C(F)(F)F)cc1. The largest absolute Gasteiger partial charge is 0.444 e. The Balaban J connectivity index is 1.93. The van der Waals surface area contributed by atoms with Gasteiger partial charge in [-0.2, -0.15) is 13.2 Å². The highest BCUT2D eigenvalue weighted by atomic mass is 19.4. The van der Waals surface area contributed by atoms with Crippen LogP contribution in [0.4, 0.5) is 38.5 Å². The molecule has 30 heavy (non-hydrogen) atoms. The predicted molar refractivity (Wildman–Crippen MR) is 104 cm³/mol. The molecule has 0 aliphatic carbocycles. The molecular formula is C20H21F4N3O3. The summed E-state index contributed by atoms with van der Waals surface area (Å²) in [6, 6.07) is 7.50. The van der Waals surface area contributed by atoms with Gasteiger partial charge in [0, 0.05) is 17.9 Å². The number of halogens is 4. The van der Waals surface area contributed by atoms with Crippen molar-refractivity contribution < 1.29 is 31.9 Å². The van der Waals surface area contributed by atoms with Crippen LogP contribution in [0.3, 0.4) is 0 Å². The van der Waals surface area contributed by atoms with Gasteiger partial charge in [0.2, 0.25) is 0 Å². The molecule has 162 valence electrons. The first-order valence-corrected chi connectivity index (χ1v) is 8.84. The maximum Gasteiger partial charge on any atom is 0.416 e. The summed E-state index contributed by atoms with van der Waals surface area (Å²) in [5.41, 5.74) is -1.30. The van der Waals surface area contributed by atoms with Gasteiger partial charge >= 0.3 is 18.3 Å². The zero-order valence-electron chi connectivity index (χ0n) is 16.5. The molecule has 0 fully saturated rings. The van der Waals surface area contributed by atoms with E-state index in [1.807, 2.05) is 0 Å². The zero-order chi connectivity index (χ0) is 22.5. The minimum absolute atomic E-state index is 0.268. The second kappa shape index (κ2) is 9.02. The van der Waals surface area contributed by atoms with Crippen molar-refractivity contribution in [3.8, 4) is 0 Å². The van der Waals surface area contributed by atoms with Crippen molar-refractivity contribution in [3.63, 3.8) is 0 Å². The highest BCUT2D eigenvalue weighted by molar-refractivity contribution is 5.90. The fraction of sp³-hybridized carbons (Fsp3) is 0.300. The van der Waals surface area contributed by atoms with E-state index in [1.54, 1.807) is 20.8 Å². The number of rotatable bonds is 4. The number of alkyl halides is 3. The van der Waals surface area contributed by atoms with Crippen LogP contribution in [0.15, 0.2) is 42.5 Å². The van der Waals surface area contributed by atoms with Crippen molar-refractivity contribution in [3.05, 3.63) is 59.4 Å². The molecule has 0 bridgehead atoms. The summed E-state index contributed by atoms with van der Waals surface area (Å²) in [5.74, 6) is -1.02. The number of carbonyl (C=O) groups is 2. The number of urea groups is 1. The topological polar surface area (TPSA) is 79.5 Å². The van der Waals surface area contributed by atoms with Crippen LogP contribution in [-0.2, 0) is 17.5 Å². The van der Waals surface area contributed by atoms with E-state index < -0.39 is 41.8 Å². The third kappa shape index (κ3) is 7.26. The summed E-state index contributed by atoms with van der Waals surface area (Å²) in [7, 11) is 0. The van der Waals surface area contributed by atoms with Gasteiger partial charge in [-0.05, 0) is 62.7 Å². The molecule has 0 atom stereocenters. The second-order valence-electron chi connectivity index (χ2n) is 7.31. The van der Waals surface area contributed by atoms with Crippen LogP contribution in [0.2, 0.25) is 0 Å². The van der Waals surface area contributed by atoms with Crippen LogP contribution < -0.4 is 16.0 Å². The molecular weight excluding hydrogens is 406 g/mol. The van der Waals surface area contributed by atoms with Gasteiger partial charge < -0.3 is 15.4 Å². The second-order valence-corrected chi connectivity index (χ2v) is 7.31. The lowest BCUT2D eigenvalue weighted by Crippen LogP contribution is -2.29. The zero-order valence-corrected chi connectivity index (χ0v) is 16.5. The maximum atomic E-state index is 13.1. The third-order valence-corrected chi connectivity index (χ3v) is 3.60. The van der Waals surface area contributed by atoms with Gasteiger partial charge in [0.25, 0.3) is 0 Å². The van der Waals surface area contributed by atoms with E-state index in [0.717, 1.165) is 12.1 Å². The van der Waals surface area contributed by atoms with Gasteiger partial charge in [-0.15, -0.1) is 0 Å². The molecule has 2 aromatic rings. The summed E-state index contributed by atoms with van der Waals surface area (Å²) >= 11 is 0. The minimum atomic E-state index is -4.74. The quantitative estimate of drug-likeness (QED) is 0.563. The lowest BCUT2D eigenvalue weighted by atomic mass is 10.1. The molecule has 2 rings (SSSR count). The lowest BCUT2D eigenvalue weighted by Gasteiger charge is -2.19. The number of amides is 3. The first kappa shape index (κ1) is 23.0. The van der Waals surface area contributed by atoms with E-state index in [2.05, 4.69) is 16.0 Å². The molecule has 0 radical (unpaired) electrons. The Kier molecular flexibility index (Phi) is 6.91. The van der Waals surface area contributed by atoms with Crippen molar-refractivity contribution in [1.82, 2.24) is 5.32 Å². The van der Waals surface area contributed by atoms with Crippen molar-refractivity contribution in [2.24, 2.45) is 0 Å². The number of nitrogens with one attached hydrogen (secondary N) is 3. The Bertz CT molecular complexity index is 907. The van der Waals surface area contributed by atoms with E-state index in [-0.39, 0.29) is 5.56 Å². The van der Waals surface area contributed by atoms with Crippen molar-refractivity contribution >= 4 is 23.5 Å². The van der Waals surface area contributed by atoms with Crippen LogP contribution in [-0.4, -0.2) is 17.7 Å². The summed E-state index contributed by atoms with van der Waals surface area (Å²) in [6.07, 6.45) is -5.38. The number of hydrogen-bond donors (Lipinski definition) is 3. The van der Waals surface area contributed by atoms with Gasteiger partial charge in [0.1, 0.15) is 11.4 Å². The molecule has 0 aliphatic rings. The number of benzene rings is 2. The van der Waals surface area contributed by atoms with E-state index in [0.29, 0.717) is 17.4 Å². The number of carbonyl (C=O) groups excluding carboxylic acids is 2. The van der Waals surface area contributed by atoms with Gasteiger partial charge in [-0.3, -0.25) is 5.32 Å². The van der Waals surface area contributed by atoms with Crippen LogP contribution in [0.25, 0.3) is 0 Å². The monoisotopic (exact) mass is 427 g/mol. The van der Waals surface area contributed by atoms with Gasteiger partial charge in [-0.25, -0.2) is 14.0 Å². The maximum absolute atomic E-state index is 13.1.